The fourth-order valence-electron chi connectivity index (χ4n) is 2.89. The van der Waals surface area contributed by atoms with Gasteiger partial charge in [-0.25, -0.2) is 0 Å². The molecule has 1 N–H and O–H groups in total. The smallest absolute Gasteiger partial charge is 0.307 e. The minimum absolute atomic E-state index is 0. The number of hydrogen-bond donors (Lipinski definition) is 1. The van der Waals surface area contributed by atoms with Crippen LogP contribution in [0.2, 0.25) is 5.02 Å². The van der Waals surface area contributed by atoms with Gasteiger partial charge in [0.05, 0.1) is 19.1 Å². The summed E-state index contributed by atoms with van der Waals surface area (Å²) in [5.74, 6) is 1.44. The van der Waals surface area contributed by atoms with Crippen LogP contribution < -0.4 is 10.1 Å². The number of ether oxygens (including phenoxy) is 2. The van der Waals surface area contributed by atoms with Gasteiger partial charge in [0.1, 0.15) is 5.75 Å². The molecule has 2 rings (SSSR count). The third-order valence-corrected chi connectivity index (χ3v) is 4.41. The van der Waals surface area contributed by atoms with Crippen molar-refractivity contribution in [1.29, 1.82) is 0 Å². The Bertz CT molecular complexity index is 476. The van der Waals surface area contributed by atoms with E-state index in [-0.39, 0.29) is 7.40 Å². The van der Waals surface area contributed by atoms with Crippen LogP contribution in [0.15, 0.2) is 24.3 Å². The fourth-order valence-corrected chi connectivity index (χ4v) is 3.02. The van der Waals surface area contributed by atoms with Gasteiger partial charge in [0.15, 0.2) is 0 Å². The monoisotopic (exact) mass is 341 g/mol. The van der Waals surface area contributed by atoms with E-state index in [4.69, 9.17) is 21.1 Å². The molecular weight excluding hydrogens is 314 g/mol. The maximum atomic E-state index is 11.2. The van der Waals surface area contributed by atoms with Crippen LogP contribution in [0.4, 0.5) is 0 Å². The Morgan fingerprint density at radius 2 is 1.96 bits per heavy atom. The van der Waals surface area contributed by atoms with Crippen LogP contribution in [0.5, 0.6) is 5.75 Å². The van der Waals surface area contributed by atoms with Crippen molar-refractivity contribution in [3.8, 4) is 5.75 Å². The highest BCUT2D eigenvalue weighted by molar-refractivity contribution is 6.30. The molecule has 1 aliphatic rings. The molecule has 0 radical (unpaired) electrons. The lowest BCUT2D eigenvalue weighted by Gasteiger charge is -2.29. The first kappa shape index (κ1) is 18.1. The van der Waals surface area contributed by atoms with E-state index in [9.17, 15) is 4.79 Å². The molecule has 1 aromatic rings. The van der Waals surface area contributed by atoms with Gasteiger partial charge in [0, 0.05) is 13.0 Å². The molecule has 0 spiro atoms. The number of halogens is 1. The minimum atomic E-state index is -0.125. The van der Waals surface area contributed by atoms with E-state index >= 15 is 0 Å². The Labute approximate surface area is 145 Å². The highest BCUT2D eigenvalue weighted by Crippen LogP contribution is 2.27. The van der Waals surface area contributed by atoms with Crippen molar-refractivity contribution in [3.05, 3.63) is 29.3 Å². The normalized spacial score (nSPS) is 21.0. The molecule has 1 fully saturated rings. The fraction of sp³-hybridized carbons (Fsp3) is 0.611. The molecule has 0 aromatic heterocycles. The second-order valence-corrected chi connectivity index (χ2v) is 6.41. The number of nitrogens with one attached hydrogen (secondary N) is 1. The van der Waals surface area contributed by atoms with Crippen LogP contribution in [0.25, 0.3) is 0 Å². The highest BCUT2D eigenvalue weighted by Gasteiger charge is 2.22. The molecule has 1 aromatic carbocycles. The molecule has 5 heteroatoms. The summed E-state index contributed by atoms with van der Waals surface area (Å²) in [5, 5.41) is 4.09. The molecular formula is C18H28ClNO3. The molecule has 4 nitrogen and oxygen atoms in total. The van der Waals surface area contributed by atoms with Crippen molar-refractivity contribution >= 4 is 17.6 Å². The molecule has 0 heterocycles. The average Bonchev–Trinajstić information content (AvgIpc) is 2.55. The zero-order valence-corrected chi connectivity index (χ0v) is 14.5. The van der Waals surface area contributed by atoms with Crippen molar-refractivity contribution in [2.75, 3.05) is 19.7 Å². The van der Waals surface area contributed by atoms with Crippen molar-refractivity contribution in [2.24, 2.45) is 5.92 Å². The van der Waals surface area contributed by atoms with Crippen LogP contribution in [-0.2, 0) is 9.53 Å². The largest absolute Gasteiger partial charge is 0.490 e. The Balaban J connectivity index is 0.00000288. The zero-order valence-electron chi connectivity index (χ0n) is 13.7. The maximum Gasteiger partial charge on any atom is 0.307 e. The SMILES string of the molecule is CCOC(=O)CCNCC1CCC(Oc2ccc(Cl)cc2)CC1.[HH]. The summed E-state index contributed by atoms with van der Waals surface area (Å²) in [6.07, 6.45) is 5.21. The number of hydrogen-bond acceptors (Lipinski definition) is 4. The minimum Gasteiger partial charge on any atom is -0.490 e. The van der Waals surface area contributed by atoms with Gasteiger partial charge in [-0.15, -0.1) is 0 Å². The predicted octanol–water partition coefficient (Wildman–Crippen LogP) is 4.07. The van der Waals surface area contributed by atoms with E-state index in [0.29, 0.717) is 31.6 Å². The predicted molar refractivity (Wildman–Crippen MR) is 94.1 cm³/mol. The summed E-state index contributed by atoms with van der Waals surface area (Å²) in [6, 6.07) is 7.56. The van der Waals surface area contributed by atoms with Crippen LogP contribution >= 0.6 is 11.6 Å². The molecule has 0 bridgehead atoms. The lowest BCUT2D eigenvalue weighted by Crippen LogP contribution is -2.31. The van der Waals surface area contributed by atoms with Crippen molar-refractivity contribution < 1.29 is 15.7 Å². The number of benzene rings is 1. The average molecular weight is 342 g/mol. The summed E-state index contributed by atoms with van der Waals surface area (Å²) in [5.41, 5.74) is 0. The molecule has 23 heavy (non-hydrogen) atoms. The maximum absolute atomic E-state index is 11.2. The third-order valence-electron chi connectivity index (χ3n) is 4.15. The summed E-state index contributed by atoms with van der Waals surface area (Å²) >= 11 is 5.88. The van der Waals surface area contributed by atoms with E-state index in [1.807, 2.05) is 31.2 Å². The summed E-state index contributed by atoms with van der Waals surface area (Å²) < 4.78 is 10.9. The van der Waals surface area contributed by atoms with Gasteiger partial charge in [-0.3, -0.25) is 4.79 Å². The summed E-state index contributed by atoms with van der Waals surface area (Å²) in [6.45, 7) is 3.94. The topological polar surface area (TPSA) is 47.6 Å². The van der Waals surface area contributed by atoms with Gasteiger partial charge in [-0.05, 0) is 69.3 Å². The van der Waals surface area contributed by atoms with Crippen molar-refractivity contribution in [2.45, 2.75) is 45.1 Å². The Kier molecular flexibility index (Phi) is 7.69. The molecule has 1 aliphatic carbocycles. The Morgan fingerprint density at radius 1 is 1.26 bits per heavy atom. The van der Waals surface area contributed by atoms with Crippen LogP contribution in [-0.4, -0.2) is 31.8 Å². The van der Waals surface area contributed by atoms with Crippen molar-refractivity contribution in [3.63, 3.8) is 0 Å². The molecule has 130 valence electrons. The quantitative estimate of drug-likeness (QED) is 0.572. The third kappa shape index (κ3) is 6.80. The zero-order chi connectivity index (χ0) is 16.5. The second-order valence-electron chi connectivity index (χ2n) is 5.97. The number of carbonyl (C=O) groups excluding carboxylic acids is 1. The van der Waals surface area contributed by atoms with Crippen LogP contribution in [0.1, 0.15) is 40.5 Å². The van der Waals surface area contributed by atoms with Gasteiger partial charge in [0.2, 0.25) is 0 Å². The van der Waals surface area contributed by atoms with Crippen LogP contribution in [0, 0.1) is 5.92 Å². The Hall–Kier alpha value is -1.26. The molecule has 0 unspecified atom stereocenters. The van der Waals surface area contributed by atoms with Gasteiger partial charge in [0.25, 0.3) is 0 Å². The molecule has 0 atom stereocenters. The molecule has 0 saturated heterocycles. The molecule has 1 saturated carbocycles. The van der Waals surface area contributed by atoms with Crippen molar-refractivity contribution in [1.82, 2.24) is 5.32 Å². The summed E-state index contributed by atoms with van der Waals surface area (Å²) in [4.78, 5) is 11.2. The number of carbonyl (C=O) groups is 1. The highest BCUT2D eigenvalue weighted by atomic mass is 35.5. The first-order valence-corrected chi connectivity index (χ1v) is 8.83. The van der Waals surface area contributed by atoms with E-state index in [1.165, 1.54) is 0 Å². The van der Waals surface area contributed by atoms with E-state index in [2.05, 4.69) is 5.32 Å². The molecule has 0 aliphatic heterocycles. The van der Waals surface area contributed by atoms with E-state index in [0.717, 1.165) is 43.0 Å². The lowest BCUT2D eigenvalue weighted by molar-refractivity contribution is -0.142. The van der Waals surface area contributed by atoms with E-state index in [1.54, 1.807) is 0 Å². The van der Waals surface area contributed by atoms with E-state index < -0.39 is 0 Å². The Morgan fingerprint density at radius 3 is 2.61 bits per heavy atom. The van der Waals surface area contributed by atoms with Gasteiger partial charge in [-0.1, -0.05) is 11.6 Å². The lowest BCUT2D eigenvalue weighted by atomic mass is 9.87. The summed E-state index contributed by atoms with van der Waals surface area (Å²) in [7, 11) is 0. The number of rotatable bonds is 8. The second kappa shape index (κ2) is 9.78. The first-order chi connectivity index (χ1) is 11.2. The molecule has 0 amide bonds. The van der Waals surface area contributed by atoms with Gasteiger partial charge >= 0.3 is 5.97 Å². The standard InChI is InChI=1S/C18H26ClNO3.H2/c1-2-22-18(21)11-12-20-13-14-3-7-16(8-4-14)23-17-9-5-15(19)6-10-17;/h5-6,9-10,14,16,20H,2-4,7-8,11-13H2,1H3;1H. The van der Waals surface area contributed by atoms with Gasteiger partial charge in [-0.2, -0.15) is 0 Å². The van der Waals surface area contributed by atoms with Crippen LogP contribution in [0.3, 0.4) is 0 Å². The van der Waals surface area contributed by atoms with Gasteiger partial charge < -0.3 is 14.8 Å². The first-order valence-electron chi connectivity index (χ1n) is 8.46. The number of esters is 1.